The molecule has 1 aliphatic rings. The molecule has 6 rings (SSSR count). The number of ether oxygens (including phenoxy) is 2. The highest BCUT2D eigenvalue weighted by Crippen LogP contribution is 2.36. The highest BCUT2D eigenvalue weighted by Gasteiger charge is 2.19. The molecule has 0 saturated carbocycles. The van der Waals surface area contributed by atoms with Crippen LogP contribution in [0.4, 0.5) is 5.69 Å². The summed E-state index contributed by atoms with van der Waals surface area (Å²) >= 11 is 0. The molecular formula is C37H35N3O2. The Labute approximate surface area is 248 Å². The molecule has 0 aliphatic carbocycles. The van der Waals surface area contributed by atoms with Crippen LogP contribution in [0, 0.1) is 0 Å². The molecule has 0 amide bonds. The zero-order chi connectivity index (χ0) is 29.1. The lowest BCUT2D eigenvalue weighted by molar-refractivity contribution is 0.476. The molecule has 0 spiro atoms. The smallest absolute Gasteiger partial charge is 0.129 e. The first-order valence-corrected chi connectivity index (χ1v) is 14.2. The lowest BCUT2D eigenvalue weighted by Crippen LogP contribution is -2.22. The maximum Gasteiger partial charge on any atom is 0.129 e. The van der Waals surface area contributed by atoms with E-state index in [9.17, 15) is 0 Å². The average molecular weight is 554 g/mol. The van der Waals surface area contributed by atoms with Gasteiger partial charge in [-0.05, 0) is 82.8 Å². The Hall–Kier alpha value is -5.03. The minimum atomic E-state index is -0.0148. The molecule has 1 aliphatic heterocycles. The fourth-order valence-electron chi connectivity index (χ4n) is 4.92. The molecule has 0 N–H and O–H groups in total. The number of pyridine rings is 1. The van der Waals surface area contributed by atoms with Crippen LogP contribution in [-0.4, -0.2) is 23.6 Å². The number of hydrogen-bond donors (Lipinski definition) is 0. The van der Waals surface area contributed by atoms with Crippen LogP contribution in [-0.2, 0) is 5.41 Å². The maximum absolute atomic E-state index is 6.48. The van der Waals surface area contributed by atoms with Crippen molar-refractivity contribution in [2.75, 3.05) is 18.6 Å². The van der Waals surface area contributed by atoms with E-state index < -0.39 is 0 Å². The molecule has 0 fully saturated rings. The Morgan fingerprint density at radius 1 is 0.619 bits per heavy atom. The first kappa shape index (κ1) is 27.2. The van der Waals surface area contributed by atoms with Crippen molar-refractivity contribution in [1.29, 1.82) is 0 Å². The SMILES string of the molecule is CN1C=CN(c2cc(Oc3cccc(-c4cc(-c5cccc(Oc6ccccc6)c5)ccn4)c3)cc(C(C)(C)C)c2)C1. The number of aromatic nitrogens is 1. The van der Waals surface area contributed by atoms with Gasteiger partial charge in [-0.25, -0.2) is 0 Å². The first-order valence-electron chi connectivity index (χ1n) is 14.2. The van der Waals surface area contributed by atoms with Gasteiger partial charge in [0.05, 0.1) is 12.4 Å². The zero-order valence-electron chi connectivity index (χ0n) is 24.5. The maximum atomic E-state index is 6.48. The van der Waals surface area contributed by atoms with Gasteiger partial charge < -0.3 is 19.3 Å². The third kappa shape index (κ3) is 6.31. The van der Waals surface area contributed by atoms with E-state index >= 15 is 0 Å². The lowest BCUT2D eigenvalue weighted by atomic mass is 9.86. The predicted octanol–water partition coefficient (Wildman–Crippen LogP) is 9.48. The second-order valence-electron chi connectivity index (χ2n) is 11.6. The van der Waals surface area contributed by atoms with Crippen LogP contribution in [0.25, 0.3) is 22.4 Å². The minimum Gasteiger partial charge on any atom is -0.457 e. The summed E-state index contributed by atoms with van der Waals surface area (Å²) in [7, 11) is 2.07. The topological polar surface area (TPSA) is 37.8 Å². The summed E-state index contributed by atoms with van der Waals surface area (Å²) in [5, 5.41) is 0. The summed E-state index contributed by atoms with van der Waals surface area (Å²) < 4.78 is 12.5. The summed E-state index contributed by atoms with van der Waals surface area (Å²) in [6.07, 6.45) is 6.04. The molecule has 0 bridgehead atoms. The number of nitrogens with zero attached hydrogens (tertiary/aromatic N) is 3. The van der Waals surface area contributed by atoms with Gasteiger partial charge >= 0.3 is 0 Å². The molecule has 0 atom stereocenters. The Morgan fingerprint density at radius 2 is 1.29 bits per heavy atom. The van der Waals surface area contributed by atoms with Gasteiger partial charge in [-0.1, -0.05) is 63.2 Å². The van der Waals surface area contributed by atoms with E-state index in [0.717, 1.165) is 57.7 Å². The zero-order valence-corrected chi connectivity index (χ0v) is 24.5. The summed E-state index contributed by atoms with van der Waals surface area (Å²) in [5.41, 5.74) is 6.32. The highest BCUT2D eigenvalue weighted by molar-refractivity contribution is 5.72. The van der Waals surface area contributed by atoms with Gasteiger partial charge in [0.15, 0.2) is 0 Å². The second-order valence-corrected chi connectivity index (χ2v) is 11.6. The minimum absolute atomic E-state index is 0.0148. The van der Waals surface area contributed by atoms with Crippen molar-refractivity contribution in [1.82, 2.24) is 9.88 Å². The fourth-order valence-corrected chi connectivity index (χ4v) is 4.92. The molecular weight excluding hydrogens is 518 g/mol. The van der Waals surface area contributed by atoms with Gasteiger partial charge in [-0.15, -0.1) is 0 Å². The average Bonchev–Trinajstić information content (AvgIpc) is 3.44. The van der Waals surface area contributed by atoms with Crippen LogP contribution in [0.3, 0.4) is 0 Å². The van der Waals surface area contributed by atoms with E-state index in [1.807, 2.05) is 72.9 Å². The van der Waals surface area contributed by atoms with E-state index in [0.29, 0.717) is 0 Å². The van der Waals surface area contributed by atoms with Crippen LogP contribution in [0.15, 0.2) is 128 Å². The van der Waals surface area contributed by atoms with Gasteiger partial charge in [0.25, 0.3) is 0 Å². The van der Waals surface area contributed by atoms with E-state index in [4.69, 9.17) is 9.47 Å². The largest absolute Gasteiger partial charge is 0.457 e. The summed E-state index contributed by atoms with van der Waals surface area (Å²) in [5.74, 6) is 3.19. The van der Waals surface area contributed by atoms with Crippen molar-refractivity contribution in [3.63, 3.8) is 0 Å². The molecule has 5 heteroatoms. The summed E-state index contributed by atoms with van der Waals surface area (Å²) in [4.78, 5) is 9.07. The fraction of sp³-hybridized carbons (Fsp3) is 0.162. The van der Waals surface area contributed by atoms with Crippen molar-refractivity contribution in [2.45, 2.75) is 26.2 Å². The number of rotatable bonds is 7. The molecule has 2 heterocycles. The van der Waals surface area contributed by atoms with Crippen LogP contribution < -0.4 is 14.4 Å². The van der Waals surface area contributed by atoms with E-state index in [1.54, 1.807) is 0 Å². The molecule has 5 aromatic rings. The lowest BCUT2D eigenvalue weighted by Gasteiger charge is -2.25. The summed E-state index contributed by atoms with van der Waals surface area (Å²) in [6.45, 7) is 7.49. The van der Waals surface area contributed by atoms with Crippen molar-refractivity contribution < 1.29 is 9.47 Å². The predicted molar refractivity (Wildman–Crippen MR) is 171 cm³/mol. The van der Waals surface area contributed by atoms with Crippen LogP contribution in [0.1, 0.15) is 26.3 Å². The highest BCUT2D eigenvalue weighted by atomic mass is 16.5. The van der Waals surface area contributed by atoms with Gasteiger partial charge in [0, 0.05) is 43.0 Å². The van der Waals surface area contributed by atoms with Gasteiger partial charge in [-0.2, -0.15) is 0 Å². The molecule has 0 unspecified atom stereocenters. The van der Waals surface area contributed by atoms with Crippen LogP contribution in [0.5, 0.6) is 23.0 Å². The number of hydrogen-bond acceptors (Lipinski definition) is 5. The van der Waals surface area contributed by atoms with E-state index in [-0.39, 0.29) is 5.41 Å². The van der Waals surface area contributed by atoms with E-state index in [1.165, 1.54) is 5.56 Å². The molecule has 5 nitrogen and oxygen atoms in total. The Morgan fingerprint density at radius 3 is 2.00 bits per heavy atom. The number of anilines is 1. The summed E-state index contributed by atoms with van der Waals surface area (Å²) in [6, 6.07) is 36.7. The van der Waals surface area contributed by atoms with Gasteiger partial charge in [-0.3, -0.25) is 4.98 Å². The molecule has 42 heavy (non-hydrogen) atoms. The number of benzene rings is 4. The van der Waals surface area contributed by atoms with Crippen molar-refractivity contribution in [3.8, 4) is 45.4 Å². The second kappa shape index (κ2) is 11.5. The van der Waals surface area contributed by atoms with Gasteiger partial charge in [0.1, 0.15) is 23.0 Å². The third-order valence-electron chi connectivity index (χ3n) is 7.24. The Kier molecular flexibility index (Phi) is 7.41. The molecule has 0 saturated heterocycles. The first-order chi connectivity index (χ1) is 20.3. The van der Waals surface area contributed by atoms with E-state index in [2.05, 4.69) is 97.5 Å². The van der Waals surface area contributed by atoms with Crippen molar-refractivity contribution in [2.24, 2.45) is 0 Å². The molecule has 210 valence electrons. The molecule has 1 aromatic heterocycles. The Balaban J connectivity index is 1.26. The normalized spacial score (nSPS) is 13.0. The number of para-hydroxylation sites is 1. The van der Waals surface area contributed by atoms with Gasteiger partial charge in [0.2, 0.25) is 0 Å². The monoisotopic (exact) mass is 553 g/mol. The van der Waals surface area contributed by atoms with Crippen LogP contribution in [0.2, 0.25) is 0 Å². The molecule has 4 aromatic carbocycles. The standard InChI is InChI=1S/C37H35N3O2/c1-37(2,3)30-23-31(40-19-18-39(4)26-40)25-35(24-30)42-34-15-9-11-29(21-34)36-22-28(16-17-38-36)27-10-8-14-33(20-27)41-32-12-6-5-7-13-32/h5-25H,26H2,1-4H3. The third-order valence-corrected chi connectivity index (χ3v) is 7.24. The van der Waals surface area contributed by atoms with Crippen molar-refractivity contribution >= 4 is 5.69 Å². The molecule has 0 radical (unpaired) electrons. The van der Waals surface area contributed by atoms with Crippen molar-refractivity contribution in [3.05, 3.63) is 133 Å². The quantitative estimate of drug-likeness (QED) is 0.201. The Bertz CT molecular complexity index is 1720. The van der Waals surface area contributed by atoms with Crippen LogP contribution >= 0.6 is 0 Å².